The zero-order chi connectivity index (χ0) is 13.0. The van der Waals surface area contributed by atoms with Gasteiger partial charge in [-0.25, -0.2) is 4.98 Å². The molecule has 0 aliphatic carbocycles. The summed E-state index contributed by atoms with van der Waals surface area (Å²) in [5.41, 5.74) is 6.65. The second kappa shape index (κ2) is 6.45. The molecule has 18 heavy (non-hydrogen) atoms. The number of rotatable bonds is 5. The van der Waals surface area contributed by atoms with E-state index < -0.39 is 0 Å². The summed E-state index contributed by atoms with van der Waals surface area (Å²) in [5, 5.41) is 0.628. The van der Waals surface area contributed by atoms with Crippen LogP contribution >= 0.6 is 39.0 Å². The number of benzene rings is 1. The number of thiazole rings is 1. The van der Waals surface area contributed by atoms with E-state index in [1.807, 2.05) is 31.2 Å². The Kier molecular flexibility index (Phi) is 4.91. The molecule has 6 heteroatoms. The van der Waals surface area contributed by atoms with E-state index in [1.165, 1.54) is 15.5 Å². The van der Waals surface area contributed by atoms with E-state index in [-0.39, 0.29) is 0 Å². The lowest BCUT2D eigenvalue weighted by molar-refractivity contribution is 0.344. The molecule has 0 aliphatic heterocycles. The molecule has 2 aromatic rings. The molecule has 1 aromatic heterocycles. The van der Waals surface area contributed by atoms with Gasteiger partial charge in [0.2, 0.25) is 0 Å². The fourth-order valence-electron chi connectivity index (χ4n) is 1.39. The zero-order valence-electron chi connectivity index (χ0n) is 9.85. The molecular formula is C12H13BrN2OS2. The molecular weight excluding hydrogens is 332 g/mol. The highest BCUT2D eigenvalue weighted by Crippen LogP contribution is 2.30. The summed E-state index contributed by atoms with van der Waals surface area (Å²) in [5.74, 6) is 1.76. The van der Waals surface area contributed by atoms with Crippen molar-refractivity contribution in [2.24, 2.45) is 0 Å². The van der Waals surface area contributed by atoms with Crippen LogP contribution in [0.2, 0.25) is 0 Å². The molecule has 0 aliphatic rings. The van der Waals surface area contributed by atoms with E-state index in [0.717, 1.165) is 21.7 Å². The molecule has 1 aromatic carbocycles. The van der Waals surface area contributed by atoms with Crippen molar-refractivity contribution in [3.63, 3.8) is 0 Å². The molecule has 0 atom stereocenters. The molecule has 0 bridgehead atoms. The number of hydrogen-bond acceptors (Lipinski definition) is 5. The van der Waals surface area contributed by atoms with Gasteiger partial charge in [0, 0.05) is 10.2 Å². The molecule has 3 nitrogen and oxygen atoms in total. The zero-order valence-corrected chi connectivity index (χ0v) is 13.1. The van der Waals surface area contributed by atoms with E-state index in [1.54, 1.807) is 11.8 Å². The third kappa shape index (κ3) is 3.90. The predicted molar refractivity (Wildman–Crippen MR) is 81.6 cm³/mol. The minimum absolute atomic E-state index is 0.628. The van der Waals surface area contributed by atoms with Crippen molar-refractivity contribution >= 4 is 44.2 Å². The lowest BCUT2D eigenvalue weighted by Gasteiger charge is -2.05. The largest absolute Gasteiger partial charge is 0.493 e. The van der Waals surface area contributed by atoms with Gasteiger partial charge in [0.15, 0.2) is 5.13 Å². The number of nitrogens with zero attached hydrogens (tertiary/aromatic N) is 1. The van der Waals surface area contributed by atoms with Crippen LogP contribution in [0.15, 0.2) is 32.9 Å². The normalized spacial score (nSPS) is 10.6. The van der Waals surface area contributed by atoms with Crippen molar-refractivity contribution in [1.82, 2.24) is 4.98 Å². The molecule has 0 radical (unpaired) electrons. The SMILES string of the molecule is Cc1nc(N)sc1SCCOc1cccc(Br)c1. The van der Waals surface area contributed by atoms with E-state index in [2.05, 4.69) is 20.9 Å². The molecule has 0 spiro atoms. The van der Waals surface area contributed by atoms with E-state index in [9.17, 15) is 0 Å². The molecule has 0 fully saturated rings. The van der Waals surface area contributed by atoms with Crippen molar-refractivity contribution in [1.29, 1.82) is 0 Å². The van der Waals surface area contributed by atoms with Crippen LogP contribution in [0.3, 0.4) is 0 Å². The van der Waals surface area contributed by atoms with Gasteiger partial charge in [-0.15, -0.1) is 11.8 Å². The van der Waals surface area contributed by atoms with Gasteiger partial charge < -0.3 is 10.5 Å². The summed E-state index contributed by atoms with van der Waals surface area (Å²) in [4.78, 5) is 4.19. The van der Waals surface area contributed by atoms with Gasteiger partial charge in [-0.3, -0.25) is 0 Å². The van der Waals surface area contributed by atoms with Crippen LogP contribution in [0.1, 0.15) is 5.69 Å². The Morgan fingerprint density at radius 3 is 3.00 bits per heavy atom. The standard InChI is InChI=1S/C12H13BrN2OS2/c1-8-11(18-12(14)15-8)17-6-5-16-10-4-2-3-9(13)7-10/h2-4,7H,5-6H2,1H3,(H2,14,15). The second-order valence-electron chi connectivity index (χ2n) is 3.58. The van der Waals surface area contributed by atoms with E-state index >= 15 is 0 Å². The van der Waals surface area contributed by atoms with Crippen molar-refractivity contribution in [3.05, 3.63) is 34.4 Å². The number of halogens is 1. The number of aromatic nitrogens is 1. The summed E-state index contributed by atoms with van der Waals surface area (Å²) in [6.07, 6.45) is 0. The van der Waals surface area contributed by atoms with Gasteiger partial charge in [0.1, 0.15) is 5.75 Å². The first-order valence-corrected chi connectivity index (χ1v) is 7.99. The molecule has 2 rings (SSSR count). The van der Waals surface area contributed by atoms with Crippen molar-refractivity contribution in [3.8, 4) is 5.75 Å². The third-order valence-corrected chi connectivity index (χ3v) is 4.96. The smallest absolute Gasteiger partial charge is 0.181 e. The Morgan fingerprint density at radius 2 is 2.33 bits per heavy atom. The number of nitrogen functional groups attached to an aromatic ring is 1. The number of thioether (sulfide) groups is 1. The van der Waals surface area contributed by atoms with Crippen LogP contribution in [0.5, 0.6) is 5.75 Å². The quantitative estimate of drug-likeness (QED) is 0.658. The highest BCUT2D eigenvalue weighted by molar-refractivity contribution is 9.10. The van der Waals surface area contributed by atoms with Crippen LogP contribution < -0.4 is 10.5 Å². The van der Waals surface area contributed by atoms with Crippen LogP contribution in [-0.4, -0.2) is 17.3 Å². The third-order valence-electron chi connectivity index (χ3n) is 2.15. The van der Waals surface area contributed by atoms with Gasteiger partial charge in [-0.1, -0.05) is 33.3 Å². The minimum atomic E-state index is 0.628. The Hall–Kier alpha value is -0.720. The van der Waals surface area contributed by atoms with Gasteiger partial charge >= 0.3 is 0 Å². The molecule has 1 heterocycles. The van der Waals surface area contributed by atoms with Crippen LogP contribution in [0.25, 0.3) is 0 Å². The van der Waals surface area contributed by atoms with Crippen molar-refractivity contribution in [2.45, 2.75) is 11.1 Å². The molecule has 0 saturated carbocycles. The first-order chi connectivity index (χ1) is 8.65. The number of anilines is 1. The van der Waals surface area contributed by atoms with Crippen LogP contribution in [0, 0.1) is 6.92 Å². The van der Waals surface area contributed by atoms with Gasteiger partial charge in [-0.2, -0.15) is 0 Å². The fourth-order valence-corrected chi connectivity index (χ4v) is 3.68. The molecule has 96 valence electrons. The van der Waals surface area contributed by atoms with Gasteiger partial charge in [-0.05, 0) is 25.1 Å². The molecule has 0 amide bonds. The van der Waals surface area contributed by atoms with Crippen molar-refractivity contribution in [2.75, 3.05) is 18.1 Å². The summed E-state index contributed by atoms with van der Waals surface area (Å²) >= 11 is 6.67. The minimum Gasteiger partial charge on any atom is -0.493 e. The van der Waals surface area contributed by atoms with Crippen LogP contribution in [0.4, 0.5) is 5.13 Å². The fraction of sp³-hybridized carbons (Fsp3) is 0.250. The highest BCUT2D eigenvalue weighted by atomic mass is 79.9. The number of nitrogens with two attached hydrogens (primary N) is 1. The Balaban J connectivity index is 1.78. The number of aryl methyl sites for hydroxylation is 1. The number of ether oxygens (including phenoxy) is 1. The molecule has 0 unspecified atom stereocenters. The Labute approximate surface area is 123 Å². The van der Waals surface area contributed by atoms with Crippen molar-refractivity contribution < 1.29 is 4.74 Å². The average molecular weight is 345 g/mol. The Morgan fingerprint density at radius 1 is 1.50 bits per heavy atom. The second-order valence-corrected chi connectivity index (χ2v) is 6.89. The lowest BCUT2D eigenvalue weighted by Crippen LogP contribution is -1.99. The maximum atomic E-state index is 5.66. The van der Waals surface area contributed by atoms with E-state index in [0.29, 0.717) is 11.7 Å². The van der Waals surface area contributed by atoms with E-state index in [4.69, 9.17) is 10.5 Å². The summed E-state index contributed by atoms with van der Waals surface area (Å²) in [6.45, 7) is 2.64. The van der Waals surface area contributed by atoms with Gasteiger partial charge in [0.25, 0.3) is 0 Å². The lowest BCUT2D eigenvalue weighted by atomic mass is 10.3. The highest BCUT2D eigenvalue weighted by Gasteiger charge is 2.05. The number of hydrogen-bond donors (Lipinski definition) is 1. The topological polar surface area (TPSA) is 48.1 Å². The maximum absolute atomic E-state index is 5.66. The first kappa shape index (κ1) is 13.7. The molecule has 0 saturated heterocycles. The average Bonchev–Trinajstić information content (AvgIpc) is 2.64. The summed E-state index contributed by atoms with van der Waals surface area (Å²) in [7, 11) is 0. The predicted octanol–water partition coefficient (Wildman–Crippen LogP) is 3.97. The molecule has 2 N–H and O–H groups in total. The maximum Gasteiger partial charge on any atom is 0.181 e. The van der Waals surface area contributed by atoms with Gasteiger partial charge in [0.05, 0.1) is 16.5 Å². The monoisotopic (exact) mass is 344 g/mol. The first-order valence-electron chi connectivity index (χ1n) is 5.39. The summed E-state index contributed by atoms with van der Waals surface area (Å²) in [6, 6.07) is 7.84. The Bertz CT molecular complexity index is 531. The van der Waals surface area contributed by atoms with Crippen LogP contribution in [-0.2, 0) is 0 Å². The summed E-state index contributed by atoms with van der Waals surface area (Å²) < 4.78 is 7.86.